The van der Waals surface area contributed by atoms with Gasteiger partial charge in [0.05, 0.1) is 13.2 Å². The first-order valence-electron chi connectivity index (χ1n) is 11.9. The van der Waals surface area contributed by atoms with Crippen molar-refractivity contribution in [3.63, 3.8) is 0 Å². The summed E-state index contributed by atoms with van der Waals surface area (Å²) in [5, 5.41) is 0. The zero-order valence-electron chi connectivity index (χ0n) is 30.8. The van der Waals surface area contributed by atoms with Gasteiger partial charge in [0.2, 0.25) is 78.6 Å². The van der Waals surface area contributed by atoms with Crippen molar-refractivity contribution >= 4 is 72.8 Å². The van der Waals surface area contributed by atoms with E-state index in [1.807, 2.05) is 0 Å². The Morgan fingerprint density at radius 2 is 0.810 bits per heavy atom. The Hall–Kier alpha value is 5.97. The zero-order chi connectivity index (χ0) is 39.8. The van der Waals surface area contributed by atoms with Crippen LogP contribution < -0.4 is 207 Å². The van der Waals surface area contributed by atoms with Crippen molar-refractivity contribution in [2.24, 2.45) is 5.92 Å². The van der Waals surface area contributed by atoms with Gasteiger partial charge >= 0.3 is 207 Å². The quantitative estimate of drug-likeness (QED) is 0.0658. The number of rotatable bonds is 19. The van der Waals surface area contributed by atoms with E-state index in [9.17, 15) is 90.8 Å². The molecule has 0 aromatic rings. The van der Waals surface area contributed by atoms with Crippen molar-refractivity contribution in [1.29, 1.82) is 0 Å². The van der Waals surface area contributed by atoms with E-state index in [1.165, 1.54) is 0 Å². The van der Waals surface area contributed by atoms with Gasteiger partial charge in [-0.2, -0.15) is 0 Å². The van der Waals surface area contributed by atoms with E-state index < -0.39 is 147 Å². The SMILES string of the molecule is C[C@H]1[C@H](OS(=O)(=O)[O-])[C@@H](COS(=O)(=O)[O-])OC(O[C@@]2(COS(=O)(=O)[O-])OC(COS(=O)(=O)[O-])[C@H](OS(=O)(=O)[O-])[C@H]2OS(=O)(=O)[O-])[C@@H]1OS(=O)(=O)[O-].[Na+].[Na+].[Na+].[Na+].[Na+].[Na+].[Na+]. The Morgan fingerprint density at radius 3 is 1.17 bits per heavy atom. The fraction of sp³-hybridized carbons (Fsp3) is 1.00. The van der Waals surface area contributed by atoms with Gasteiger partial charge in [-0.05, 0) is 0 Å². The molecule has 0 spiro atoms. The van der Waals surface area contributed by atoms with Gasteiger partial charge in [0.15, 0.2) is 12.4 Å². The summed E-state index contributed by atoms with van der Waals surface area (Å²) in [5.41, 5.74) is 0. The fourth-order valence-electron chi connectivity index (χ4n) is 4.25. The van der Waals surface area contributed by atoms with Crippen LogP contribution in [0.3, 0.4) is 0 Å². The van der Waals surface area contributed by atoms with Crippen molar-refractivity contribution in [3.05, 3.63) is 0 Å². The van der Waals surface area contributed by atoms with E-state index >= 15 is 0 Å². The van der Waals surface area contributed by atoms with Crippen LogP contribution in [0.2, 0.25) is 0 Å². The third kappa shape index (κ3) is 29.1. The molecule has 58 heavy (non-hydrogen) atoms. The van der Waals surface area contributed by atoms with Crippen LogP contribution in [0.4, 0.5) is 0 Å². The Morgan fingerprint density at radius 1 is 0.466 bits per heavy atom. The van der Waals surface area contributed by atoms with Crippen LogP contribution in [0.25, 0.3) is 0 Å². The van der Waals surface area contributed by atoms with Crippen LogP contribution >= 0.6 is 0 Å². The van der Waals surface area contributed by atoms with Gasteiger partial charge in [-0.1, -0.05) is 6.92 Å². The van der Waals surface area contributed by atoms with Gasteiger partial charge < -0.3 is 46.1 Å². The van der Waals surface area contributed by atoms with Crippen molar-refractivity contribution in [2.75, 3.05) is 19.8 Å². The number of hydrogen-bond donors (Lipinski definition) is 0. The molecule has 0 aromatic heterocycles. The van der Waals surface area contributed by atoms with Gasteiger partial charge in [-0.25, -0.2) is 58.9 Å². The molecule has 0 bridgehead atoms. The van der Waals surface area contributed by atoms with Gasteiger partial charge in [-0.15, -0.1) is 0 Å². The van der Waals surface area contributed by atoms with E-state index in [0.29, 0.717) is 6.92 Å². The topological polar surface area (TPSA) is 493 Å². The minimum Gasteiger partial charge on any atom is -0.726 e. The molecule has 0 radical (unpaired) electrons. The summed E-state index contributed by atoms with van der Waals surface area (Å²) < 4.78 is 282. The Balaban J connectivity index is -0.000000966. The second-order valence-corrected chi connectivity index (χ2v) is 16.6. The largest absolute Gasteiger partial charge is 1.00 e. The second-order valence-electron chi connectivity index (χ2n) is 9.38. The summed E-state index contributed by atoms with van der Waals surface area (Å²) in [6.45, 7) is -5.40. The molecule has 2 unspecified atom stereocenters. The smallest absolute Gasteiger partial charge is 0.726 e. The molecule has 2 fully saturated rings. The minimum atomic E-state index is -6.40. The average molecular weight is 1050 g/mol. The third-order valence-corrected chi connectivity index (χ3v) is 8.88. The molecule has 2 heterocycles. The van der Waals surface area contributed by atoms with E-state index in [-0.39, 0.29) is 207 Å². The fourth-order valence-corrected chi connectivity index (χ4v) is 7.28. The predicted octanol–water partition coefficient (Wildman–Crippen LogP) is -28.7. The van der Waals surface area contributed by atoms with Gasteiger partial charge in [0, 0.05) is 5.92 Å². The van der Waals surface area contributed by atoms with E-state index in [1.54, 1.807) is 0 Å². The monoisotopic (exact) mass is 1050 g/mol. The van der Waals surface area contributed by atoms with Crippen LogP contribution in [0.1, 0.15) is 6.92 Å². The van der Waals surface area contributed by atoms with Crippen LogP contribution in [0, 0.1) is 5.92 Å². The summed E-state index contributed by atoms with van der Waals surface area (Å²) in [7, 11) is -42.6. The van der Waals surface area contributed by atoms with Crippen molar-refractivity contribution in [2.45, 2.75) is 55.6 Å². The molecule has 31 nitrogen and oxygen atoms in total. The molecule has 0 amide bonds. The summed E-state index contributed by atoms with van der Waals surface area (Å²) >= 11 is 0. The van der Waals surface area contributed by atoms with Gasteiger partial charge in [0.25, 0.3) is 0 Å². The molecule has 304 valence electrons. The average Bonchev–Trinajstić information content (AvgIpc) is 3.11. The van der Waals surface area contributed by atoms with Crippen molar-refractivity contribution < 1.29 is 341 Å². The summed E-state index contributed by atoms with van der Waals surface area (Å²) in [4.78, 5) is 0. The maximum Gasteiger partial charge on any atom is 1.00 e. The Kier molecular flexibility index (Phi) is 38.0. The molecule has 9 atom stereocenters. The zero-order valence-corrected chi connectivity index (χ0v) is 50.5. The third-order valence-electron chi connectivity index (χ3n) is 5.81. The molecule has 0 aliphatic carbocycles. The number of hydrogen-bond acceptors (Lipinski definition) is 31. The summed E-state index contributed by atoms with van der Waals surface area (Å²) in [6.07, 6.45) is -20.5. The number of ether oxygens (including phenoxy) is 3. The molecule has 0 saturated carbocycles. The minimum absolute atomic E-state index is 0. The van der Waals surface area contributed by atoms with Gasteiger partial charge in [-0.3, -0.25) is 29.3 Å². The molecule has 2 aliphatic rings. The van der Waals surface area contributed by atoms with Crippen LogP contribution in [0.5, 0.6) is 0 Å². The molecule has 0 N–H and O–H groups in total. The second kappa shape index (κ2) is 29.2. The van der Waals surface area contributed by atoms with Crippen LogP contribution in [-0.2, 0) is 116 Å². The molecule has 0 aromatic carbocycles. The molecular formula is C13H17Na7O31S7. The summed E-state index contributed by atoms with van der Waals surface area (Å²) in [6, 6.07) is 0. The first-order chi connectivity index (χ1) is 22.5. The maximum atomic E-state index is 11.7. The van der Waals surface area contributed by atoms with Crippen LogP contribution in [-0.4, -0.2) is 159 Å². The first-order valence-corrected chi connectivity index (χ1v) is 21.2. The predicted molar refractivity (Wildman–Crippen MR) is 132 cm³/mol. The molecule has 45 heteroatoms. The van der Waals surface area contributed by atoms with E-state index in [2.05, 4.69) is 29.3 Å². The molecule has 2 rings (SSSR count). The van der Waals surface area contributed by atoms with E-state index in [0.717, 1.165) is 0 Å². The normalized spacial score (nSPS) is 28.0. The first kappa shape index (κ1) is 75.5. The summed E-state index contributed by atoms with van der Waals surface area (Å²) in [5.74, 6) is -6.25. The molecule has 2 saturated heterocycles. The van der Waals surface area contributed by atoms with Gasteiger partial charge in [0.1, 0.15) is 37.1 Å². The van der Waals surface area contributed by atoms with Crippen molar-refractivity contribution in [3.8, 4) is 0 Å². The Labute approximate surface area is 486 Å². The molecule has 2 aliphatic heterocycles. The molecular weight excluding hydrogens is 1040 g/mol. The standard InChI is InChI=1S/C13H24O31S7.7Na/c1-5-8(41-48(23,24)25)6(2-35-45(14,15)16)38-12(9(5)42-49(26,27)28)40-13(4-37-47(20,21)22)11(44-51(32,33)34)10(43-50(29,30)31)7(39-13)3-36-46(17,18)19;;;;;;;/h5-12H,2-4H2,1H3,(H,14,15,16)(H,17,18,19)(H,20,21,22)(H,23,24,25)(H,26,27,28)(H,29,30,31)(H,32,33,34);;;;;;;/q;7*+1/p-7/t5-,6+,7?,8-,9+,10-,11+,12?,13+;;;;;;;/m0......./s1. The van der Waals surface area contributed by atoms with E-state index in [4.69, 9.17) is 14.2 Å². The van der Waals surface area contributed by atoms with Crippen molar-refractivity contribution in [1.82, 2.24) is 0 Å². The van der Waals surface area contributed by atoms with Crippen LogP contribution in [0.15, 0.2) is 0 Å². The maximum absolute atomic E-state index is 11.7. The Bertz CT molecular complexity index is 2050.